The predicted octanol–water partition coefficient (Wildman–Crippen LogP) is 4.57. The number of aromatic nitrogens is 2. The van der Waals surface area contributed by atoms with E-state index >= 15 is 0 Å². The Hall–Kier alpha value is -3.36. The molecule has 0 saturated heterocycles. The van der Waals surface area contributed by atoms with Gasteiger partial charge < -0.3 is 10.3 Å². The van der Waals surface area contributed by atoms with E-state index < -0.39 is 17.6 Å². The molecular weight excluding hydrogens is 397 g/mol. The molecule has 0 radical (unpaired) electrons. The first-order valence-electron chi connectivity index (χ1n) is 9.33. The molecule has 1 aliphatic carbocycles. The molecule has 1 aromatic carbocycles. The third-order valence-electron chi connectivity index (χ3n) is 5.27. The molecule has 0 spiro atoms. The SMILES string of the molecule is CC1(c2cc(NC(=O)Cc3ccc(-c4cnc(N)c(C(F)(F)F)c4)cc3)on2)CC1. The van der Waals surface area contributed by atoms with Crippen LogP contribution >= 0.6 is 0 Å². The van der Waals surface area contributed by atoms with E-state index in [9.17, 15) is 18.0 Å². The maximum atomic E-state index is 13.0. The van der Waals surface area contributed by atoms with E-state index in [1.54, 1.807) is 30.3 Å². The predicted molar refractivity (Wildman–Crippen MR) is 105 cm³/mol. The van der Waals surface area contributed by atoms with Crippen LogP contribution in [0, 0.1) is 0 Å². The molecule has 30 heavy (non-hydrogen) atoms. The highest BCUT2D eigenvalue weighted by atomic mass is 19.4. The number of pyridine rings is 1. The summed E-state index contributed by atoms with van der Waals surface area (Å²) in [7, 11) is 0. The van der Waals surface area contributed by atoms with Gasteiger partial charge >= 0.3 is 6.18 Å². The number of carbonyl (C=O) groups excluding carboxylic acids is 1. The largest absolute Gasteiger partial charge is 0.419 e. The van der Waals surface area contributed by atoms with Crippen molar-refractivity contribution in [3.05, 3.63) is 59.4 Å². The number of nitrogen functional groups attached to an aromatic ring is 1. The molecule has 6 nitrogen and oxygen atoms in total. The van der Waals surface area contributed by atoms with Crippen LogP contribution in [0.25, 0.3) is 11.1 Å². The standard InChI is InChI=1S/C21H19F3N4O2/c1-20(6-7-20)16-10-18(30-28-16)27-17(29)8-12-2-4-13(5-3-12)14-9-15(21(22,23)24)19(25)26-11-14/h2-5,9-11H,6-8H2,1H3,(H2,25,26)(H,27,29). The van der Waals surface area contributed by atoms with Gasteiger partial charge in [0.05, 0.1) is 17.7 Å². The highest BCUT2D eigenvalue weighted by Gasteiger charge is 2.42. The number of hydrogen-bond acceptors (Lipinski definition) is 5. The Kier molecular flexibility index (Phi) is 4.76. The fourth-order valence-corrected chi connectivity index (χ4v) is 3.10. The number of benzene rings is 1. The zero-order valence-electron chi connectivity index (χ0n) is 16.1. The van der Waals surface area contributed by atoms with Crippen molar-refractivity contribution in [1.82, 2.24) is 10.1 Å². The van der Waals surface area contributed by atoms with Crippen LogP contribution in [0.4, 0.5) is 24.9 Å². The van der Waals surface area contributed by atoms with E-state index in [-0.39, 0.29) is 23.3 Å². The number of rotatable bonds is 5. The molecule has 0 bridgehead atoms. The van der Waals surface area contributed by atoms with Gasteiger partial charge in [-0.1, -0.05) is 36.3 Å². The number of carbonyl (C=O) groups is 1. The second-order valence-corrected chi connectivity index (χ2v) is 7.71. The molecule has 156 valence electrons. The highest BCUT2D eigenvalue weighted by molar-refractivity contribution is 5.91. The van der Waals surface area contributed by atoms with E-state index in [0.29, 0.717) is 17.0 Å². The molecule has 0 aliphatic heterocycles. The van der Waals surface area contributed by atoms with Gasteiger partial charge in [-0.05, 0) is 30.0 Å². The molecule has 3 aromatic rings. The molecule has 2 aromatic heterocycles. The Morgan fingerprint density at radius 1 is 1.20 bits per heavy atom. The minimum Gasteiger partial charge on any atom is -0.383 e. The second kappa shape index (κ2) is 7.16. The van der Waals surface area contributed by atoms with Gasteiger partial charge in [0, 0.05) is 23.2 Å². The summed E-state index contributed by atoms with van der Waals surface area (Å²) >= 11 is 0. The van der Waals surface area contributed by atoms with Crippen LogP contribution in [0.15, 0.2) is 47.1 Å². The summed E-state index contributed by atoms with van der Waals surface area (Å²) < 4.78 is 44.2. The fourth-order valence-electron chi connectivity index (χ4n) is 3.10. The van der Waals surface area contributed by atoms with Crippen molar-refractivity contribution in [2.75, 3.05) is 11.1 Å². The first-order valence-corrected chi connectivity index (χ1v) is 9.33. The average molecular weight is 416 g/mol. The monoisotopic (exact) mass is 416 g/mol. The maximum absolute atomic E-state index is 13.0. The van der Waals surface area contributed by atoms with Gasteiger partial charge in [0.1, 0.15) is 5.82 Å². The molecule has 0 atom stereocenters. The van der Waals surface area contributed by atoms with E-state index in [1.165, 1.54) is 6.20 Å². The molecule has 9 heteroatoms. The summed E-state index contributed by atoms with van der Waals surface area (Å²) in [5.74, 6) is -0.543. The number of nitrogens with two attached hydrogens (primary N) is 1. The van der Waals surface area contributed by atoms with Gasteiger partial charge in [-0.3, -0.25) is 10.1 Å². The minimum absolute atomic E-state index is 0.0469. The Bertz CT molecular complexity index is 1090. The van der Waals surface area contributed by atoms with Crippen LogP contribution in [0.5, 0.6) is 0 Å². The lowest BCUT2D eigenvalue weighted by atomic mass is 10.0. The van der Waals surface area contributed by atoms with Crippen LogP contribution in [0.2, 0.25) is 0 Å². The topological polar surface area (TPSA) is 94.0 Å². The molecule has 1 fully saturated rings. The number of anilines is 2. The summed E-state index contributed by atoms with van der Waals surface area (Å²) in [6.45, 7) is 2.09. The zero-order valence-corrected chi connectivity index (χ0v) is 16.1. The number of alkyl halides is 3. The fraction of sp³-hybridized carbons (Fsp3) is 0.286. The molecule has 0 unspecified atom stereocenters. The summed E-state index contributed by atoms with van der Waals surface area (Å²) in [6.07, 6.45) is -1.11. The van der Waals surface area contributed by atoms with Crippen LogP contribution in [-0.2, 0) is 22.8 Å². The summed E-state index contributed by atoms with van der Waals surface area (Å²) in [4.78, 5) is 15.9. The Labute approximate surface area is 170 Å². The van der Waals surface area contributed by atoms with Crippen molar-refractivity contribution in [2.45, 2.75) is 37.8 Å². The molecule has 1 aliphatic rings. The number of halogens is 3. The summed E-state index contributed by atoms with van der Waals surface area (Å²) in [5, 5.41) is 6.67. The van der Waals surface area contributed by atoms with Crippen LogP contribution in [0.3, 0.4) is 0 Å². The van der Waals surface area contributed by atoms with Crippen LogP contribution in [0.1, 0.15) is 36.6 Å². The normalized spacial score (nSPS) is 15.1. The van der Waals surface area contributed by atoms with Gasteiger partial charge in [-0.2, -0.15) is 13.2 Å². The smallest absolute Gasteiger partial charge is 0.383 e. The van der Waals surface area contributed by atoms with Crippen molar-refractivity contribution in [2.24, 2.45) is 0 Å². The molecule has 4 rings (SSSR count). The van der Waals surface area contributed by atoms with Gasteiger partial charge in [-0.25, -0.2) is 4.98 Å². The number of nitrogens with zero attached hydrogens (tertiary/aromatic N) is 2. The van der Waals surface area contributed by atoms with Crippen molar-refractivity contribution in [3.63, 3.8) is 0 Å². The van der Waals surface area contributed by atoms with Gasteiger partial charge in [-0.15, -0.1) is 0 Å². The molecule has 1 saturated carbocycles. The Balaban J connectivity index is 1.42. The van der Waals surface area contributed by atoms with Crippen molar-refractivity contribution >= 4 is 17.6 Å². The molecule has 2 heterocycles. The molecule has 1 amide bonds. The molecular formula is C21H19F3N4O2. The van der Waals surface area contributed by atoms with E-state index in [0.717, 1.165) is 24.6 Å². The van der Waals surface area contributed by atoms with Gasteiger partial charge in [0.2, 0.25) is 11.8 Å². The van der Waals surface area contributed by atoms with Gasteiger partial charge in [0.15, 0.2) is 0 Å². The van der Waals surface area contributed by atoms with E-state index in [2.05, 4.69) is 22.4 Å². The lowest BCUT2D eigenvalue weighted by molar-refractivity contribution is -0.137. The summed E-state index contributed by atoms with van der Waals surface area (Å²) in [6, 6.07) is 9.32. The van der Waals surface area contributed by atoms with Crippen molar-refractivity contribution in [3.8, 4) is 11.1 Å². The number of hydrogen-bond donors (Lipinski definition) is 2. The van der Waals surface area contributed by atoms with Crippen molar-refractivity contribution in [1.29, 1.82) is 0 Å². The van der Waals surface area contributed by atoms with Gasteiger partial charge in [0.25, 0.3) is 0 Å². The number of nitrogens with one attached hydrogen (secondary N) is 1. The lowest BCUT2D eigenvalue weighted by Gasteiger charge is -2.11. The van der Waals surface area contributed by atoms with Crippen LogP contribution in [-0.4, -0.2) is 16.0 Å². The maximum Gasteiger partial charge on any atom is 0.419 e. The Morgan fingerprint density at radius 3 is 2.53 bits per heavy atom. The minimum atomic E-state index is -4.58. The van der Waals surface area contributed by atoms with E-state index in [4.69, 9.17) is 10.3 Å². The Morgan fingerprint density at radius 2 is 1.90 bits per heavy atom. The highest BCUT2D eigenvalue weighted by Crippen LogP contribution is 2.47. The summed E-state index contributed by atoms with van der Waals surface area (Å²) in [5.41, 5.74) is 6.76. The van der Waals surface area contributed by atoms with E-state index in [1.807, 2.05) is 0 Å². The lowest BCUT2D eigenvalue weighted by Crippen LogP contribution is -2.14. The zero-order chi connectivity index (χ0) is 21.5. The average Bonchev–Trinajstić information content (AvgIpc) is 3.25. The third kappa shape index (κ3) is 4.14. The second-order valence-electron chi connectivity index (χ2n) is 7.71. The molecule has 3 N–H and O–H groups in total. The van der Waals surface area contributed by atoms with Crippen LogP contribution < -0.4 is 11.1 Å². The quantitative estimate of drug-likeness (QED) is 0.635. The first-order chi connectivity index (χ1) is 14.1. The third-order valence-corrected chi connectivity index (χ3v) is 5.27. The number of amides is 1. The first kappa shape index (κ1) is 19.9. The van der Waals surface area contributed by atoms with Crippen molar-refractivity contribution < 1.29 is 22.5 Å².